The SMILES string of the molecule is COCC1CC(c2ncc(-c3ccc(C4=CC5C=CC(c6cnc(C7CC8(CC8)CN7C(=O)C(NC(=O)OC)C(C)C)[nH]6)=CC5C=C4)cc3)[nH]2)N(C(=O)C(NC(=O)OC)C(C)C)C1. The number of methoxy groups -OCH3 is 3. The number of allylic oxidation sites excluding steroid dienone is 8. The van der Waals surface area contributed by atoms with Gasteiger partial charge in [0.2, 0.25) is 11.8 Å². The number of alkyl carbamates (subject to hydrolysis) is 2. The summed E-state index contributed by atoms with van der Waals surface area (Å²) >= 11 is 0. The molecule has 3 aromatic rings. The molecule has 4 amide bonds. The van der Waals surface area contributed by atoms with Gasteiger partial charge in [-0.15, -0.1) is 0 Å². The lowest BCUT2D eigenvalue weighted by Crippen LogP contribution is -2.51. The minimum atomic E-state index is -0.736. The van der Waals surface area contributed by atoms with E-state index in [1.54, 1.807) is 7.11 Å². The van der Waals surface area contributed by atoms with E-state index in [1.807, 2.05) is 49.9 Å². The number of fused-ring (bicyclic) bond motifs is 1. The molecule has 7 unspecified atom stereocenters. The third-order valence-electron chi connectivity index (χ3n) is 13.5. The highest BCUT2D eigenvalue weighted by molar-refractivity contribution is 5.87. The van der Waals surface area contributed by atoms with Gasteiger partial charge in [-0.1, -0.05) is 88.4 Å². The van der Waals surface area contributed by atoms with Crippen molar-refractivity contribution in [2.75, 3.05) is 41.0 Å². The molecule has 5 aliphatic rings. The van der Waals surface area contributed by atoms with Crippen LogP contribution in [0.1, 0.15) is 88.4 Å². The fraction of sp³-hybridized carbons (Fsp3) is 0.500. The van der Waals surface area contributed by atoms with Crippen molar-refractivity contribution >= 4 is 35.1 Å². The first-order valence-electron chi connectivity index (χ1n) is 22.1. The zero-order valence-corrected chi connectivity index (χ0v) is 37.2. The van der Waals surface area contributed by atoms with E-state index >= 15 is 0 Å². The minimum absolute atomic E-state index is 0.104. The zero-order valence-electron chi connectivity index (χ0n) is 37.2. The largest absolute Gasteiger partial charge is 0.453 e. The molecule has 1 saturated carbocycles. The van der Waals surface area contributed by atoms with E-state index < -0.39 is 24.3 Å². The summed E-state index contributed by atoms with van der Waals surface area (Å²) in [6, 6.07) is 6.50. The van der Waals surface area contributed by atoms with Crippen LogP contribution >= 0.6 is 0 Å². The molecule has 2 aliphatic heterocycles. The number of rotatable bonds is 13. The molecule has 8 rings (SSSR count). The van der Waals surface area contributed by atoms with Crippen molar-refractivity contribution in [1.29, 1.82) is 0 Å². The van der Waals surface area contributed by atoms with Crippen LogP contribution < -0.4 is 10.6 Å². The van der Waals surface area contributed by atoms with Crippen LogP contribution in [0.4, 0.5) is 9.59 Å². The summed E-state index contributed by atoms with van der Waals surface area (Å²) in [7, 11) is 4.26. The van der Waals surface area contributed by atoms with Gasteiger partial charge in [-0.3, -0.25) is 9.59 Å². The Morgan fingerprint density at radius 2 is 1.29 bits per heavy atom. The molecule has 2 aromatic heterocycles. The van der Waals surface area contributed by atoms with Crippen LogP contribution in [-0.4, -0.2) is 107 Å². The van der Waals surface area contributed by atoms with Crippen molar-refractivity contribution in [3.05, 3.63) is 96.0 Å². The van der Waals surface area contributed by atoms with Crippen molar-refractivity contribution in [1.82, 2.24) is 40.4 Å². The van der Waals surface area contributed by atoms with Gasteiger partial charge in [0.25, 0.3) is 0 Å². The molecule has 1 aromatic carbocycles. The molecule has 2 saturated heterocycles. The van der Waals surface area contributed by atoms with Gasteiger partial charge in [0.05, 0.1) is 56.7 Å². The molecular weight excluding hydrogens is 801 g/mol. The van der Waals surface area contributed by atoms with Gasteiger partial charge >= 0.3 is 12.2 Å². The third kappa shape index (κ3) is 9.11. The fourth-order valence-corrected chi connectivity index (χ4v) is 9.67. The molecule has 7 atom stereocenters. The molecular formula is C48H60N8O7. The van der Waals surface area contributed by atoms with Crippen LogP contribution in [0.5, 0.6) is 0 Å². The van der Waals surface area contributed by atoms with Crippen LogP contribution in [0.15, 0.2) is 73.1 Å². The monoisotopic (exact) mass is 860 g/mol. The summed E-state index contributed by atoms with van der Waals surface area (Å²) in [5.41, 5.74) is 6.17. The molecule has 1 spiro atoms. The molecule has 63 heavy (non-hydrogen) atoms. The Balaban J connectivity index is 0.928. The number of ether oxygens (including phenoxy) is 3. The number of carbonyl (C=O) groups excluding carboxylic acids is 4. The Bertz CT molecular complexity index is 2320. The van der Waals surface area contributed by atoms with E-state index in [9.17, 15) is 19.2 Å². The molecule has 0 bridgehead atoms. The lowest BCUT2D eigenvalue weighted by Gasteiger charge is -2.30. The molecule has 334 valence electrons. The quantitative estimate of drug-likeness (QED) is 0.141. The van der Waals surface area contributed by atoms with Crippen LogP contribution in [0, 0.1) is 35.0 Å². The van der Waals surface area contributed by atoms with Crippen molar-refractivity contribution in [2.45, 2.75) is 77.5 Å². The van der Waals surface area contributed by atoms with E-state index in [4.69, 9.17) is 24.2 Å². The van der Waals surface area contributed by atoms with Crippen LogP contribution in [0.2, 0.25) is 0 Å². The number of hydrogen-bond donors (Lipinski definition) is 4. The normalized spacial score (nSPS) is 24.2. The van der Waals surface area contributed by atoms with E-state index in [0.29, 0.717) is 31.9 Å². The highest BCUT2D eigenvalue weighted by Crippen LogP contribution is 2.58. The van der Waals surface area contributed by atoms with Crippen molar-refractivity contribution < 1.29 is 33.4 Å². The number of aromatic nitrogens is 4. The predicted octanol–water partition coefficient (Wildman–Crippen LogP) is 6.99. The van der Waals surface area contributed by atoms with Gasteiger partial charge < -0.3 is 44.6 Å². The number of carbonyl (C=O) groups is 4. The number of H-pyrrole nitrogens is 2. The summed E-state index contributed by atoms with van der Waals surface area (Å²) < 4.78 is 15.1. The lowest BCUT2D eigenvalue weighted by atomic mass is 9.79. The molecule has 3 aliphatic carbocycles. The standard InChI is InChI=1S/C48H60N8O7/c1-27(2)40(53-46(59)62-6)44(57)55-24-29(25-61-5)18-38(55)42-49-22-36(51-42)31-10-8-30(9-11-31)32-12-13-34-20-35(15-14-33(34)19-32)37-23-50-43(52-37)39-21-48(16-17-48)26-56(39)45(58)41(28(3)4)54-47(60)63-7/h8-15,19-20,22-23,27-29,33-34,38-41H,16-18,21,24-26H2,1-7H3,(H,49,51)(H,50,52)(H,53,59)(H,54,60). The summed E-state index contributed by atoms with van der Waals surface area (Å²) in [6.45, 7) is 9.33. The maximum atomic E-state index is 13.9. The van der Waals surface area contributed by atoms with Gasteiger partial charge in [0, 0.05) is 38.0 Å². The fourth-order valence-electron chi connectivity index (χ4n) is 9.67. The Kier molecular flexibility index (Phi) is 12.5. The molecule has 3 fully saturated rings. The summed E-state index contributed by atoms with van der Waals surface area (Å²) in [6.07, 6.45) is 19.5. The smallest absolute Gasteiger partial charge is 0.407 e. The lowest BCUT2D eigenvalue weighted by molar-refractivity contribution is -0.136. The molecule has 4 N–H and O–H groups in total. The number of likely N-dealkylation sites (tertiary alicyclic amines) is 2. The van der Waals surface area contributed by atoms with E-state index in [2.05, 4.69) is 81.3 Å². The first kappa shape index (κ1) is 43.7. The van der Waals surface area contributed by atoms with E-state index in [-0.39, 0.29) is 58.9 Å². The maximum absolute atomic E-state index is 13.9. The van der Waals surface area contributed by atoms with Crippen LogP contribution in [0.3, 0.4) is 0 Å². The van der Waals surface area contributed by atoms with Gasteiger partial charge in [0.1, 0.15) is 23.7 Å². The maximum Gasteiger partial charge on any atom is 0.407 e. The topological polar surface area (TPSA) is 184 Å². The molecule has 15 heteroatoms. The number of nitrogens with zero attached hydrogens (tertiary/aromatic N) is 4. The number of amides is 4. The second-order valence-electron chi connectivity index (χ2n) is 18.5. The second-order valence-corrected chi connectivity index (χ2v) is 18.5. The number of aromatic amines is 2. The van der Waals surface area contributed by atoms with Gasteiger partial charge in [0.15, 0.2) is 0 Å². The van der Waals surface area contributed by atoms with Gasteiger partial charge in [-0.2, -0.15) is 0 Å². The predicted molar refractivity (Wildman–Crippen MR) is 237 cm³/mol. The first-order valence-corrected chi connectivity index (χ1v) is 22.1. The molecule has 15 nitrogen and oxygen atoms in total. The van der Waals surface area contributed by atoms with Crippen LogP contribution in [0.25, 0.3) is 22.4 Å². The second kappa shape index (κ2) is 18.0. The van der Waals surface area contributed by atoms with E-state index in [0.717, 1.165) is 58.7 Å². The highest BCUT2D eigenvalue weighted by Gasteiger charge is 2.55. The summed E-state index contributed by atoms with van der Waals surface area (Å²) in [5, 5.41) is 5.48. The van der Waals surface area contributed by atoms with Crippen LogP contribution in [-0.2, 0) is 23.8 Å². The van der Waals surface area contributed by atoms with Crippen molar-refractivity contribution in [3.8, 4) is 11.3 Å². The number of hydrogen-bond acceptors (Lipinski definition) is 9. The van der Waals surface area contributed by atoms with E-state index in [1.165, 1.54) is 14.2 Å². The molecule has 0 radical (unpaired) electrons. The number of imidazole rings is 2. The van der Waals surface area contributed by atoms with Crippen molar-refractivity contribution in [2.24, 2.45) is 35.0 Å². The Morgan fingerprint density at radius 1 is 0.746 bits per heavy atom. The first-order chi connectivity index (χ1) is 30.3. The third-order valence-corrected chi connectivity index (χ3v) is 13.5. The minimum Gasteiger partial charge on any atom is -0.453 e. The van der Waals surface area contributed by atoms with Crippen molar-refractivity contribution in [3.63, 3.8) is 0 Å². The Morgan fingerprint density at radius 3 is 1.87 bits per heavy atom. The summed E-state index contributed by atoms with van der Waals surface area (Å²) in [4.78, 5) is 72.4. The Hall–Kier alpha value is -5.96. The zero-order chi connectivity index (χ0) is 44.6. The Labute approximate surface area is 368 Å². The average Bonchev–Trinajstić information content (AvgIpc) is 3.78. The van der Waals surface area contributed by atoms with Gasteiger partial charge in [-0.05, 0) is 65.2 Å². The summed E-state index contributed by atoms with van der Waals surface area (Å²) in [5.74, 6) is 1.44. The average molecular weight is 861 g/mol. The highest BCUT2D eigenvalue weighted by atomic mass is 16.5. The number of benzene rings is 1. The molecule has 4 heterocycles. The number of nitrogens with one attached hydrogen (secondary N) is 4. The van der Waals surface area contributed by atoms with Gasteiger partial charge in [-0.25, -0.2) is 19.6 Å².